The Kier molecular flexibility index (Phi) is 4.70. The van der Waals surface area contributed by atoms with Crippen LogP contribution in [0.2, 0.25) is 0 Å². The van der Waals surface area contributed by atoms with Crippen LogP contribution in [0.1, 0.15) is 10.4 Å². The summed E-state index contributed by atoms with van der Waals surface area (Å²) in [6, 6.07) is 16.2. The molecular formula is C19H18N2O4. The number of carbonyl (C=O) groups is 1. The summed E-state index contributed by atoms with van der Waals surface area (Å²) in [5.74, 6) is -0.357. The first-order valence-electron chi connectivity index (χ1n) is 7.86. The summed E-state index contributed by atoms with van der Waals surface area (Å²) >= 11 is 0. The number of aromatic nitrogens is 1. The summed E-state index contributed by atoms with van der Waals surface area (Å²) < 4.78 is 6.83. The van der Waals surface area contributed by atoms with Crippen molar-refractivity contribution < 1.29 is 14.6 Å². The first-order chi connectivity index (χ1) is 12.1. The van der Waals surface area contributed by atoms with Crippen LogP contribution in [-0.2, 0) is 7.05 Å². The number of fused-ring (bicyclic) bond motifs is 1. The number of hydrogen-bond acceptors (Lipinski definition) is 4. The predicted molar refractivity (Wildman–Crippen MR) is 95.1 cm³/mol. The minimum Gasteiger partial charge on any atom is -0.502 e. The zero-order valence-corrected chi connectivity index (χ0v) is 13.7. The van der Waals surface area contributed by atoms with Crippen molar-refractivity contribution >= 4 is 16.8 Å². The molecule has 6 heteroatoms. The number of rotatable bonds is 5. The van der Waals surface area contributed by atoms with Crippen LogP contribution in [0.3, 0.4) is 0 Å². The topological polar surface area (TPSA) is 80.6 Å². The van der Waals surface area contributed by atoms with Crippen molar-refractivity contribution in [2.75, 3.05) is 13.2 Å². The third-order valence-corrected chi connectivity index (χ3v) is 3.91. The molecule has 3 rings (SSSR count). The van der Waals surface area contributed by atoms with Crippen molar-refractivity contribution in [1.82, 2.24) is 9.88 Å². The molecule has 0 fully saturated rings. The molecule has 0 radical (unpaired) electrons. The Morgan fingerprint density at radius 1 is 1.12 bits per heavy atom. The second kappa shape index (κ2) is 7.09. The molecule has 0 atom stereocenters. The Bertz CT molecular complexity index is 964. The molecule has 0 saturated carbocycles. The molecule has 1 aromatic heterocycles. The van der Waals surface area contributed by atoms with Crippen molar-refractivity contribution in [2.24, 2.45) is 7.05 Å². The Balaban J connectivity index is 1.77. The van der Waals surface area contributed by atoms with Crippen LogP contribution in [-0.4, -0.2) is 28.7 Å². The summed E-state index contributed by atoms with van der Waals surface area (Å²) in [6.45, 7) is 0.524. The smallest absolute Gasteiger partial charge is 0.293 e. The fourth-order valence-corrected chi connectivity index (χ4v) is 2.65. The van der Waals surface area contributed by atoms with Crippen LogP contribution in [0.4, 0.5) is 0 Å². The maximum absolute atomic E-state index is 12.5. The molecule has 0 bridgehead atoms. The zero-order valence-electron chi connectivity index (χ0n) is 13.7. The number of hydrogen-bond donors (Lipinski definition) is 2. The van der Waals surface area contributed by atoms with E-state index in [9.17, 15) is 14.7 Å². The predicted octanol–water partition coefficient (Wildman–Crippen LogP) is 2.05. The number of nitrogens with one attached hydrogen (secondary N) is 1. The summed E-state index contributed by atoms with van der Waals surface area (Å²) in [4.78, 5) is 24.6. The molecule has 0 aliphatic heterocycles. The van der Waals surface area contributed by atoms with Gasteiger partial charge >= 0.3 is 0 Å². The number of nitrogens with zero attached hydrogens (tertiary/aromatic N) is 1. The molecular weight excluding hydrogens is 320 g/mol. The van der Waals surface area contributed by atoms with Gasteiger partial charge < -0.3 is 19.7 Å². The highest BCUT2D eigenvalue weighted by atomic mass is 16.5. The van der Waals surface area contributed by atoms with Gasteiger partial charge in [-0.25, -0.2) is 0 Å². The number of ether oxygens (including phenoxy) is 1. The van der Waals surface area contributed by atoms with Gasteiger partial charge in [0.2, 0.25) is 0 Å². The van der Waals surface area contributed by atoms with E-state index < -0.39 is 17.2 Å². The molecule has 1 amide bonds. The maximum Gasteiger partial charge on any atom is 0.293 e. The lowest BCUT2D eigenvalue weighted by Gasteiger charge is -2.12. The number of aryl methyl sites for hydroxylation is 1. The van der Waals surface area contributed by atoms with Crippen LogP contribution >= 0.6 is 0 Å². The third-order valence-electron chi connectivity index (χ3n) is 3.91. The quantitative estimate of drug-likeness (QED) is 0.698. The number of pyridine rings is 1. The molecule has 128 valence electrons. The summed E-state index contributed by atoms with van der Waals surface area (Å²) in [7, 11) is 1.56. The number of benzene rings is 2. The van der Waals surface area contributed by atoms with Crippen molar-refractivity contribution in [2.45, 2.75) is 0 Å². The number of amides is 1. The Morgan fingerprint density at radius 3 is 2.56 bits per heavy atom. The average Bonchev–Trinajstić information content (AvgIpc) is 2.64. The summed E-state index contributed by atoms with van der Waals surface area (Å²) in [5, 5.41) is 13.3. The van der Waals surface area contributed by atoms with Crippen LogP contribution < -0.4 is 15.6 Å². The molecule has 3 aromatic rings. The lowest BCUT2D eigenvalue weighted by Crippen LogP contribution is -2.30. The average molecular weight is 338 g/mol. The number of carbonyl (C=O) groups excluding carboxylic acids is 1. The van der Waals surface area contributed by atoms with E-state index in [4.69, 9.17) is 4.74 Å². The second-order valence-electron chi connectivity index (χ2n) is 5.52. The van der Waals surface area contributed by atoms with Crippen molar-refractivity contribution in [1.29, 1.82) is 0 Å². The van der Waals surface area contributed by atoms with Crippen LogP contribution in [0, 0.1) is 0 Å². The Labute approximate surface area is 144 Å². The van der Waals surface area contributed by atoms with Crippen molar-refractivity contribution in [3.63, 3.8) is 0 Å². The molecule has 2 N–H and O–H groups in total. The van der Waals surface area contributed by atoms with E-state index in [0.717, 1.165) is 0 Å². The van der Waals surface area contributed by atoms with Gasteiger partial charge in [0.15, 0.2) is 5.75 Å². The first kappa shape index (κ1) is 16.6. The van der Waals surface area contributed by atoms with Gasteiger partial charge in [-0.3, -0.25) is 9.59 Å². The largest absolute Gasteiger partial charge is 0.502 e. The number of aromatic hydroxyl groups is 1. The van der Waals surface area contributed by atoms with Gasteiger partial charge in [-0.1, -0.05) is 36.4 Å². The van der Waals surface area contributed by atoms with Gasteiger partial charge in [-0.15, -0.1) is 0 Å². The van der Waals surface area contributed by atoms with Gasteiger partial charge in [-0.2, -0.15) is 0 Å². The molecule has 0 aliphatic rings. The van der Waals surface area contributed by atoms with Gasteiger partial charge in [0.25, 0.3) is 11.5 Å². The zero-order chi connectivity index (χ0) is 17.8. The molecule has 6 nitrogen and oxygen atoms in total. The van der Waals surface area contributed by atoms with Gasteiger partial charge in [0, 0.05) is 12.4 Å². The van der Waals surface area contributed by atoms with E-state index in [0.29, 0.717) is 16.7 Å². The van der Waals surface area contributed by atoms with Crippen LogP contribution in [0.25, 0.3) is 10.9 Å². The highest BCUT2D eigenvalue weighted by Gasteiger charge is 2.20. The van der Waals surface area contributed by atoms with Crippen molar-refractivity contribution in [3.8, 4) is 11.5 Å². The second-order valence-corrected chi connectivity index (χ2v) is 5.52. The standard InChI is InChI=1S/C19H18N2O4/c1-21-15-10-6-5-9-14(15)16(17(22)19(21)24)18(23)20-11-12-25-13-7-3-2-4-8-13/h2-10,22H,11-12H2,1H3,(H,20,23). The van der Waals surface area contributed by atoms with Crippen molar-refractivity contribution in [3.05, 3.63) is 70.5 Å². The first-order valence-corrected chi connectivity index (χ1v) is 7.86. The summed E-state index contributed by atoms with van der Waals surface area (Å²) in [6.07, 6.45) is 0. The normalized spacial score (nSPS) is 10.6. The van der Waals surface area contributed by atoms with Gasteiger partial charge in [0.05, 0.1) is 17.6 Å². The van der Waals surface area contributed by atoms with E-state index in [2.05, 4.69) is 5.32 Å². The van der Waals surface area contributed by atoms with Crippen LogP contribution in [0.15, 0.2) is 59.4 Å². The SMILES string of the molecule is Cn1c(=O)c(O)c(C(=O)NCCOc2ccccc2)c2ccccc21. The molecule has 0 aliphatic carbocycles. The number of para-hydroxylation sites is 2. The van der Waals surface area contributed by atoms with E-state index in [1.165, 1.54) is 4.57 Å². The van der Waals surface area contributed by atoms with E-state index in [1.807, 2.05) is 30.3 Å². The molecule has 1 heterocycles. The highest BCUT2D eigenvalue weighted by Crippen LogP contribution is 2.23. The molecule has 25 heavy (non-hydrogen) atoms. The minimum atomic E-state index is -0.607. The minimum absolute atomic E-state index is 0.0154. The molecule has 0 spiro atoms. The fourth-order valence-electron chi connectivity index (χ4n) is 2.65. The Morgan fingerprint density at radius 2 is 1.80 bits per heavy atom. The van der Waals surface area contributed by atoms with E-state index in [-0.39, 0.29) is 18.7 Å². The molecule has 2 aromatic carbocycles. The lowest BCUT2D eigenvalue weighted by molar-refractivity contribution is 0.0945. The maximum atomic E-state index is 12.5. The monoisotopic (exact) mass is 338 g/mol. The molecule has 0 saturated heterocycles. The fraction of sp³-hybridized carbons (Fsp3) is 0.158. The van der Waals surface area contributed by atoms with E-state index >= 15 is 0 Å². The third kappa shape index (κ3) is 3.33. The highest BCUT2D eigenvalue weighted by molar-refractivity contribution is 6.08. The van der Waals surface area contributed by atoms with Gasteiger partial charge in [0.1, 0.15) is 12.4 Å². The van der Waals surface area contributed by atoms with Crippen LogP contribution in [0.5, 0.6) is 11.5 Å². The van der Waals surface area contributed by atoms with E-state index in [1.54, 1.807) is 31.3 Å². The Hall–Kier alpha value is -3.28. The van der Waals surface area contributed by atoms with Gasteiger partial charge in [-0.05, 0) is 18.2 Å². The summed E-state index contributed by atoms with van der Waals surface area (Å²) in [5.41, 5.74) is -0.0428. The molecule has 0 unspecified atom stereocenters. The lowest BCUT2D eigenvalue weighted by atomic mass is 10.1.